The first-order valence-corrected chi connectivity index (χ1v) is 6.50. The molecule has 1 atom stereocenters. The number of nitrogens with one attached hydrogen (secondary N) is 1. The number of halogens is 2. The number of benzene rings is 2. The van der Waals surface area contributed by atoms with Crippen molar-refractivity contribution in [3.63, 3.8) is 0 Å². The minimum absolute atomic E-state index is 0.270. The molecule has 1 unspecified atom stereocenters. The predicted molar refractivity (Wildman–Crippen MR) is 76.3 cm³/mol. The van der Waals surface area contributed by atoms with Gasteiger partial charge in [0.15, 0.2) is 0 Å². The van der Waals surface area contributed by atoms with Gasteiger partial charge in [0, 0.05) is 10.0 Å². The van der Waals surface area contributed by atoms with Crippen LogP contribution in [0.3, 0.4) is 0 Å². The van der Waals surface area contributed by atoms with Crippen molar-refractivity contribution < 1.29 is 9.13 Å². The Morgan fingerprint density at radius 1 is 1.21 bits per heavy atom. The van der Waals surface area contributed by atoms with Gasteiger partial charge in [-0.25, -0.2) is 9.82 Å². The fourth-order valence-corrected chi connectivity index (χ4v) is 2.33. The van der Waals surface area contributed by atoms with Gasteiger partial charge < -0.3 is 4.74 Å². The molecule has 0 heterocycles. The maximum atomic E-state index is 13.0. The van der Waals surface area contributed by atoms with Crippen molar-refractivity contribution in [2.24, 2.45) is 5.84 Å². The van der Waals surface area contributed by atoms with Crippen molar-refractivity contribution in [1.29, 1.82) is 0 Å². The Kier molecular flexibility index (Phi) is 4.52. The molecule has 0 saturated carbocycles. The van der Waals surface area contributed by atoms with E-state index in [0.717, 1.165) is 21.3 Å². The lowest BCUT2D eigenvalue weighted by molar-refractivity contribution is 0.404. The second-order valence-electron chi connectivity index (χ2n) is 4.04. The highest BCUT2D eigenvalue weighted by Crippen LogP contribution is 2.32. The smallest absolute Gasteiger partial charge is 0.124 e. The summed E-state index contributed by atoms with van der Waals surface area (Å²) in [6.07, 6.45) is 0. The number of hydrazine groups is 1. The zero-order valence-corrected chi connectivity index (χ0v) is 11.9. The molecule has 2 rings (SSSR count). The Morgan fingerprint density at radius 3 is 2.47 bits per heavy atom. The quantitative estimate of drug-likeness (QED) is 0.671. The summed E-state index contributed by atoms with van der Waals surface area (Å²) in [6, 6.07) is 11.6. The Morgan fingerprint density at radius 2 is 1.89 bits per heavy atom. The summed E-state index contributed by atoms with van der Waals surface area (Å²) in [5.41, 5.74) is 4.47. The highest BCUT2D eigenvalue weighted by atomic mass is 79.9. The van der Waals surface area contributed by atoms with E-state index in [2.05, 4.69) is 21.4 Å². The molecule has 19 heavy (non-hydrogen) atoms. The highest BCUT2D eigenvalue weighted by molar-refractivity contribution is 9.10. The molecule has 3 N–H and O–H groups in total. The molecule has 5 heteroatoms. The van der Waals surface area contributed by atoms with Gasteiger partial charge in [-0.15, -0.1) is 0 Å². The van der Waals surface area contributed by atoms with E-state index in [9.17, 15) is 4.39 Å². The van der Waals surface area contributed by atoms with Gasteiger partial charge in [-0.1, -0.05) is 28.1 Å². The van der Waals surface area contributed by atoms with Crippen molar-refractivity contribution in [3.05, 3.63) is 63.9 Å². The topological polar surface area (TPSA) is 47.3 Å². The number of hydrogen-bond donors (Lipinski definition) is 2. The number of hydrogen-bond acceptors (Lipinski definition) is 3. The lowest BCUT2D eigenvalue weighted by atomic mass is 9.98. The van der Waals surface area contributed by atoms with E-state index < -0.39 is 0 Å². The van der Waals surface area contributed by atoms with E-state index in [-0.39, 0.29) is 11.9 Å². The van der Waals surface area contributed by atoms with Crippen LogP contribution >= 0.6 is 15.9 Å². The van der Waals surface area contributed by atoms with Gasteiger partial charge >= 0.3 is 0 Å². The third kappa shape index (κ3) is 3.12. The Balaban J connectivity index is 2.47. The SMILES string of the molecule is COc1ccc(Br)cc1C(NN)c1ccc(F)cc1. The molecular formula is C14H14BrFN2O. The molecule has 0 radical (unpaired) electrons. The first-order valence-electron chi connectivity index (χ1n) is 5.70. The molecule has 2 aromatic carbocycles. The van der Waals surface area contributed by atoms with Gasteiger partial charge in [-0.05, 0) is 35.9 Å². The van der Waals surface area contributed by atoms with Gasteiger partial charge in [-0.3, -0.25) is 5.84 Å². The summed E-state index contributed by atoms with van der Waals surface area (Å²) in [5, 5.41) is 0. The summed E-state index contributed by atoms with van der Waals surface area (Å²) >= 11 is 3.42. The first kappa shape index (κ1) is 14.0. The van der Waals surface area contributed by atoms with E-state index in [1.807, 2.05) is 18.2 Å². The summed E-state index contributed by atoms with van der Waals surface area (Å²) < 4.78 is 19.2. The molecule has 0 spiro atoms. The van der Waals surface area contributed by atoms with E-state index in [0.29, 0.717) is 0 Å². The van der Waals surface area contributed by atoms with E-state index in [1.165, 1.54) is 12.1 Å². The van der Waals surface area contributed by atoms with E-state index in [1.54, 1.807) is 19.2 Å². The third-order valence-corrected chi connectivity index (χ3v) is 3.37. The minimum Gasteiger partial charge on any atom is -0.496 e. The van der Waals surface area contributed by atoms with Crippen LogP contribution in [0.25, 0.3) is 0 Å². The van der Waals surface area contributed by atoms with Crippen molar-refractivity contribution >= 4 is 15.9 Å². The standard InChI is InChI=1S/C14H14BrFN2O/c1-19-13-7-4-10(15)8-12(13)14(18-17)9-2-5-11(16)6-3-9/h2-8,14,18H,17H2,1H3. The van der Waals surface area contributed by atoms with Crippen LogP contribution in [0, 0.1) is 5.82 Å². The number of ether oxygens (including phenoxy) is 1. The van der Waals surface area contributed by atoms with E-state index in [4.69, 9.17) is 10.6 Å². The maximum Gasteiger partial charge on any atom is 0.124 e. The molecule has 0 aromatic heterocycles. The average molecular weight is 325 g/mol. The zero-order chi connectivity index (χ0) is 13.8. The predicted octanol–water partition coefficient (Wildman–Crippen LogP) is 3.15. The molecule has 0 saturated heterocycles. The Labute approximate surface area is 119 Å². The zero-order valence-electron chi connectivity index (χ0n) is 10.4. The van der Waals surface area contributed by atoms with Crippen LogP contribution in [0.4, 0.5) is 4.39 Å². The van der Waals surface area contributed by atoms with Crippen LogP contribution in [0.5, 0.6) is 5.75 Å². The Bertz CT molecular complexity index is 560. The van der Waals surface area contributed by atoms with E-state index >= 15 is 0 Å². The van der Waals surface area contributed by atoms with Gasteiger partial charge in [0.1, 0.15) is 11.6 Å². The van der Waals surface area contributed by atoms with Crippen LogP contribution in [-0.2, 0) is 0 Å². The van der Waals surface area contributed by atoms with Crippen LogP contribution in [-0.4, -0.2) is 7.11 Å². The molecule has 0 amide bonds. The summed E-state index contributed by atoms with van der Waals surface area (Å²) in [6.45, 7) is 0. The maximum absolute atomic E-state index is 13.0. The van der Waals surface area contributed by atoms with Gasteiger partial charge in [0.05, 0.1) is 13.2 Å². The Hall–Kier alpha value is -1.43. The molecule has 0 bridgehead atoms. The van der Waals surface area contributed by atoms with Crippen LogP contribution in [0.1, 0.15) is 17.2 Å². The average Bonchev–Trinajstić information content (AvgIpc) is 2.42. The lowest BCUT2D eigenvalue weighted by Crippen LogP contribution is -2.29. The lowest BCUT2D eigenvalue weighted by Gasteiger charge is -2.20. The molecule has 100 valence electrons. The van der Waals surface area contributed by atoms with Crippen LogP contribution < -0.4 is 16.0 Å². The summed E-state index contributed by atoms with van der Waals surface area (Å²) in [5.74, 6) is 6.07. The largest absolute Gasteiger partial charge is 0.496 e. The molecule has 0 aliphatic carbocycles. The fraction of sp³-hybridized carbons (Fsp3) is 0.143. The molecule has 0 aliphatic heterocycles. The molecule has 0 fully saturated rings. The highest BCUT2D eigenvalue weighted by Gasteiger charge is 2.17. The second kappa shape index (κ2) is 6.14. The number of methoxy groups -OCH3 is 1. The normalized spacial score (nSPS) is 12.2. The van der Waals surface area contributed by atoms with Crippen LogP contribution in [0.2, 0.25) is 0 Å². The molecular weight excluding hydrogens is 311 g/mol. The molecule has 0 aliphatic rings. The summed E-state index contributed by atoms with van der Waals surface area (Å²) in [4.78, 5) is 0. The molecule has 2 aromatic rings. The van der Waals surface area contributed by atoms with Crippen molar-refractivity contribution in [3.8, 4) is 5.75 Å². The van der Waals surface area contributed by atoms with Crippen LogP contribution in [0.15, 0.2) is 46.9 Å². The molecule has 3 nitrogen and oxygen atoms in total. The van der Waals surface area contributed by atoms with Gasteiger partial charge in [-0.2, -0.15) is 0 Å². The van der Waals surface area contributed by atoms with Gasteiger partial charge in [0.2, 0.25) is 0 Å². The third-order valence-electron chi connectivity index (χ3n) is 2.87. The van der Waals surface area contributed by atoms with Crippen molar-refractivity contribution in [2.75, 3.05) is 7.11 Å². The van der Waals surface area contributed by atoms with Gasteiger partial charge in [0.25, 0.3) is 0 Å². The number of nitrogens with two attached hydrogens (primary N) is 1. The fourth-order valence-electron chi connectivity index (χ4n) is 1.95. The minimum atomic E-state index is -0.277. The second-order valence-corrected chi connectivity index (χ2v) is 4.95. The van der Waals surface area contributed by atoms with Crippen molar-refractivity contribution in [1.82, 2.24) is 5.43 Å². The monoisotopic (exact) mass is 324 g/mol. The first-order chi connectivity index (χ1) is 9.15. The number of rotatable bonds is 4. The summed E-state index contributed by atoms with van der Waals surface area (Å²) in [7, 11) is 1.60. The van der Waals surface area contributed by atoms with Crippen molar-refractivity contribution in [2.45, 2.75) is 6.04 Å².